The summed E-state index contributed by atoms with van der Waals surface area (Å²) < 4.78 is 4.77. The van der Waals surface area contributed by atoms with E-state index in [2.05, 4.69) is 179 Å². The highest BCUT2D eigenvalue weighted by Crippen LogP contribution is 2.41. The first-order chi connectivity index (χ1) is 26.8. The van der Waals surface area contributed by atoms with Gasteiger partial charge in [0.2, 0.25) is 0 Å². The van der Waals surface area contributed by atoms with Crippen molar-refractivity contribution in [2.24, 2.45) is 0 Å². The predicted octanol–water partition coefficient (Wildman–Crippen LogP) is 12.8. The molecule has 3 heterocycles. The van der Waals surface area contributed by atoms with Crippen LogP contribution in [0.5, 0.6) is 0 Å². The Bertz CT molecular complexity index is 3210. The van der Waals surface area contributed by atoms with Gasteiger partial charge in [-0.25, -0.2) is 9.97 Å². The van der Waals surface area contributed by atoms with Gasteiger partial charge in [-0.2, -0.15) is 0 Å². The molecule has 11 rings (SSSR count). The average molecular weight is 689 g/mol. The maximum atomic E-state index is 5.32. The second-order valence-corrected chi connectivity index (χ2v) is 13.8. The molecule has 54 heavy (non-hydrogen) atoms. The number of hydrogen-bond donors (Lipinski definition) is 0. The summed E-state index contributed by atoms with van der Waals surface area (Å²) in [5.74, 6) is 1.58. The molecular formula is C50H32N4. The zero-order valence-electron chi connectivity index (χ0n) is 29.3. The van der Waals surface area contributed by atoms with Crippen LogP contribution in [-0.2, 0) is 0 Å². The highest BCUT2D eigenvalue weighted by molar-refractivity contribution is 6.19. The lowest BCUT2D eigenvalue weighted by Crippen LogP contribution is -2.02. The summed E-state index contributed by atoms with van der Waals surface area (Å²) in [7, 11) is 0. The summed E-state index contributed by atoms with van der Waals surface area (Å²) in [6.45, 7) is 0. The van der Waals surface area contributed by atoms with Gasteiger partial charge in [-0.15, -0.1) is 0 Å². The van der Waals surface area contributed by atoms with Gasteiger partial charge in [-0.05, 0) is 76.9 Å². The largest absolute Gasteiger partial charge is 0.309 e. The van der Waals surface area contributed by atoms with Gasteiger partial charge in [-0.1, -0.05) is 140 Å². The lowest BCUT2D eigenvalue weighted by molar-refractivity contribution is 1.08. The Hall–Kier alpha value is -7.30. The quantitative estimate of drug-likeness (QED) is 0.180. The molecule has 0 saturated heterocycles. The minimum atomic E-state index is 0.710. The number of hydrogen-bond acceptors (Lipinski definition) is 2. The van der Waals surface area contributed by atoms with E-state index in [1.165, 1.54) is 54.8 Å². The third-order valence-corrected chi connectivity index (χ3v) is 10.7. The van der Waals surface area contributed by atoms with Crippen LogP contribution in [0, 0.1) is 0 Å². The molecule has 0 atom stereocenters. The van der Waals surface area contributed by atoms with Gasteiger partial charge in [0.1, 0.15) is 5.82 Å². The fourth-order valence-corrected chi connectivity index (χ4v) is 8.22. The van der Waals surface area contributed by atoms with Crippen molar-refractivity contribution in [2.45, 2.75) is 0 Å². The molecule has 0 saturated carbocycles. The van der Waals surface area contributed by atoms with Gasteiger partial charge in [-0.3, -0.25) is 4.57 Å². The van der Waals surface area contributed by atoms with Crippen LogP contribution in [0.2, 0.25) is 0 Å². The highest BCUT2D eigenvalue weighted by atomic mass is 15.1. The van der Waals surface area contributed by atoms with Crippen molar-refractivity contribution in [2.75, 3.05) is 0 Å². The van der Waals surface area contributed by atoms with E-state index < -0.39 is 0 Å². The lowest BCUT2D eigenvalue weighted by Gasteiger charge is -2.13. The topological polar surface area (TPSA) is 35.6 Å². The minimum Gasteiger partial charge on any atom is -0.309 e. The summed E-state index contributed by atoms with van der Waals surface area (Å²) >= 11 is 0. The molecule has 0 aliphatic rings. The first-order valence-electron chi connectivity index (χ1n) is 18.3. The Morgan fingerprint density at radius 3 is 1.50 bits per heavy atom. The van der Waals surface area contributed by atoms with Crippen molar-refractivity contribution < 1.29 is 0 Å². The van der Waals surface area contributed by atoms with Crippen molar-refractivity contribution in [1.82, 2.24) is 19.1 Å². The Balaban J connectivity index is 1.16. The van der Waals surface area contributed by atoms with Crippen LogP contribution < -0.4 is 0 Å². The summed E-state index contributed by atoms with van der Waals surface area (Å²) in [5, 5.41) is 5.77. The van der Waals surface area contributed by atoms with E-state index in [0.29, 0.717) is 5.82 Å². The molecule has 0 radical (unpaired) electrons. The summed E-state index contributed by atoms with van der Waals surface area (Å²) in [5.41, 5.74) is 12.4. The average Bonchev–Trinajstić information content (AvgIpc) is 3.75. The molecule has 0 bridgehead atoms. The first kappa shape index (κ1) is 30.3. The Kier molecular flexibility index (Phi) is 6.82. The van der Waals surface area contributed by atoms with Crippen LogP contribution in [0.1, 0.15) is 0 Å². The standard InChI is InChI=1S/C50H32N4/c1-3-15-33(16-4-1)35-19-13-20-36(29-35)37-21-14-22-38(30-37)53-45-27-11-8-23-39(45)42-32-48-43(31-47(42)53)40-24-9-12-28-46(40)54(48)50-41-25-7-10-26-44(41)51-49(52-50)34-17-5-2-6-18-34/h1-32H. The van der Waals surface area contributed by atoms with E-state index >= 15 is 0 Å². The van der Waals surface area contributed by atoms with E-state index in [4.69, 9.17) is 9.97 Å². The summed E-state index contributed by atoms with van der Waals surface area (Å²) in [4.78, 5) is 10.3. The van der Waals surface area contributed by atoms with Crippen LogP contribution >= 0.6 is 0 Å². The van der Waals surface area contributed by atoms with Crippen molar-refractivity contribution in [3.63, 3.8) is 0 Å². The molecule has 4 nitrogen and oxygen atoms in total. The Morgan fingerprint density at radius 1 is 0.296 bits per heavy atom. The number of rotatable bonds is 5. The smallest absolute Gasteiger partial charge is 0.162 e. The highest BCUT2D eigenvalue weighted by Gasteiger charge is 2.21. The molecule has 0 fully saturated rings. The number of benzene rings is 8. The fourth-order valence-electron chi connectivity index (χ4n) is 8.22. The lowest BCUT2D eigenvalue weighted by atomic mass is 9.99. The number of nitrogens with zero attached hydrogens (tertiary/aromatic N) is 4. The van der Waals surface area contributed by atoms with Crippen LogP contribution in [0.3, 0.4) is 0 Å². The summed E-state index contributed by atoms with van der Waals surface area (Å²) in [6, 6.07) is 69.1. The molecule has 0 spiro atoms. The zero-order valence-corrected chi connectivity index (χ0v) is 29.3. The van der Waals surface area contributed by atoms with Crippen LogP contribution in [0.15, 0.2) is 194 Å². The van der Waals surface area contributed by atoms with E-state index in [9.17, 15) is 0 Å². The molecule has 11 aromatic rings. The second-order valence-electron chi connectivity index (χ2n) is 13.8. The van der Waals surface area contributed by atoms with Gasteiger partial charge in [0, 0.05) is 38.2 Å². The van der Waals surface area contributed by atoms with Crippen molar-refractivity contribution >= 4 is 54.5 Å². The summed E-state index contributed by atoms with van der Waals surface area (Å²) in [6.07, 6.45) is 0. The fraction of sp³-hybridized carbons (Fsp3) is 0. The molecule has 252 valence electrons. The van der Waals surface area contributed by atoms with Crippen LogP contribution in [0.25, 0.3) is 99.7 Å². The van der Waals surface area contributed by atoms with Crippen molar-refractivity contribution in [3.05, 3.63) is 194 Å². The molecule has 0 aliphatic carbocycles. The maximum Gasteiger partial charge on any atom is 0.162 e. The van der Waals surface area contributed by atoms with Crippen LogP contribution in [0.4, 0.5) is 0 Å². The van der Waals surface area contributed by atoms with Gasteiger partial charge in [0.15, 0.2) is 5.82 Å². The Labute approximate surface area is 311 Å². The van der Waals surface area contributed by atoms with Gasteiger partial charge < -0.3 is 4.57 Å². The third-order valence-electron chi connectivity index (χ3n) is 10.7. The van der Waals surface area contributed by atoms with Crippen LogP contribution in [-0.4, -0.2) is 19.1 Å². The molecule has 0 aliphatic heterocycles. The predicted molar refractivity (Wildman–Crippen MR) is 225 cm³/mol. The molecule has 0 unspecified atom stereocenters. The molecule has 8 aromatic carbocycles. The number of fused-ring (bicyclic) bond motifs is 7. The molecule has 3 aromatic heterocycles. The van der Waals surface area contributed by atoms with Crippen molar-refractivity contribution in [3.8, 4) is 45.1 Å². The monoisotopic (exact) mass is 688 g/mol. The third kappa shape index (κ3) is 4.78. The molecule has 0 amide bonds. The van der Waals surface area contributed by atoms with E-state index in [-0.39, 0.29) is 0 Å². The van der Waals surface area contributed by atoms with Crippen molar-refractivity contribution in [1.29, 1.82) is 0 Å². The van der Waals surface area contributed by atoms with Gasteiger partial charge >= 0.3 is 0 Å². The molecular weight excluding hydrogens is 657 g/mol. The minimum absolute atomic E-state index is 0.710. The van der Waals surface area contributed by atoms with Gasteiger partial charge in [0.25, 0.3) is 0 Å². The second kappa shape index (κ2) is 12.1. The number of para-hydroxylation sites is 3. The number of aromatic nitrogens is 4. The normalized spacial score (nSPS) is 11.7. The first-order valence-corrected chi connectivity index (χ1v) is 18.3. The van der Waals surface area contributed by atoms with E-state index in [1.807, 2.05) is 24.3 Å². The maximum absolute atomic E-state index is 5.32. The van der Waals surface area contributed by atoms with Gasteiger partial charge in [0.05, 0.1) is 27.6 Å². The van der Waals surface area contributed by atoms with E-state index in [1.54, 1.807) is 0 Å². The zero-order chi connectivity index (χ0) is 35.6. The van der Waals surface area contributed by atoms with E-state index in [0.717, 1.165) is 39.0 Å². The molecule has 0 N–H and O–H groups in total. The SMILES string of the molecule is c1ccc(-c2cccc(-c3cccc(-n4c5ccccc5c5cc6c(cc54)c4ccccc4n6-c4nc(-c5ccccc5)nc5ccccc45)c3)c2)cc1. The Morgan fingerprint density at radius 2 is 0.796 bits per heavy atom. The molecule has 4 heteroatoms.